The Balaban J connectivity index is 2.00. The number of hydrogen-bond acceptors (Lipinski definition) is 5. The van der Waals surface area contributed by atoms with Crippen molar-refractivity contribution in [3.63, 3.8) is 0 Å². The van der Waals surface area contributed by atoms with E-state index in [9.17, 15) is 13.2 Å². The van der Waals surface area contributed by atoms with Crippen molar-refractivity contribution in [3.8, 4) is 5.75 Å². The molecule has 0 bridgehead atoms. The van der Waals surface area contributed by atoms with Gasteiger partial charge in [0.05, 0.1) is 29.8 Å². The van der Waals surface area contributed by atoms with E-state index < -0.39 is 16.0 Å². The van der Waals surface area contributed by atoms with Crippen LogP contribution in [0.5, 0.6) is 5.75 Å². The Labute approximate surface area is 192 Å². The summed E-state index contributed by atoms with van der Waals surface area (Å²) in [7, 11) is -2.48. The van der Waals surface area contributed by atoms with Crippen LogP contribution in [-0.2, 0) is 21.3 Å². The lowest BCUT2D eigenvalue weighted by atomic mass is 10.2. The molecular formula is C24H22ClNO5S. The number of rotatable bonds is 9. The molecular weight excluding hydrogens is 450 g/mol. The zero-order chi connectivity index (χ0) is 23.1. The lowest BCUT2D eigenvalue weighted by Crippen LogP contribution is -2.30. The summed E-state index contributed by atoms with van der Waals surface area (Å²) in [5.41, 5.74) is 1.36. The highest BCUT2D eigenvalue weighted by Crippen LogP contribution is 2.28. The minimum absolute atomic E-state index is 0.0385. The van der Waals surface area contributed by atoms with Gasteiger partial charge in [-0.15, -0.1) is 0 Å². The van der Waals surface area contributed by atoms with Crippen LogP contribution in [0, 0.1) is 0 Å². The Bertz CT molecular complexity index is 1190. The van der Waals surface area contributed by atoms with E-state index in [-0.39, 0.29) is 28.6 Å². The zero-order valence-corrected chi connectivity index (χ0v) is 19.0. The molecule has 0 atom stereocenters. The molecule has 0 unspecified atom stereocenters. The van der Waals surface area contributed by atoms with Gasteiger partial charge in [-0.05, 0) is 48.0 Å². The maximum absolute atomic E-state index is 13.6. The predicted octanol–water partition coefficient (Wildman–Crippen LogP) is 5.00. The first-order valence-electron chi connectivity index (χ1n) is 9.62. The van der Waals surface area contributed by atoms with Gasteiger partial charge in [0.25, 0.3) is 10.0 Å². The second kappa shape index (κ2) is 10.3. The number of methoxy groups -OCH3 is 1. The van der Waals surface area contributed by atoms with Crippen LogP contribution in [0.3, 0.4) is 0 Å². The van der Waals surface area contributed by atoms with Crippen LogP contribution in [0.25, 0.3) is 0 Å². The molecule has 3 aromatic rings. The maximum Gasteiger partial charge on any atom is 0.338 e. The Kier molecular flexibility index (Phi) is 7.56. The summed E-state index contributed by atoms with van der Waals surface area (Å²) in [6.07, 6.45) is 0. The van der Waals surface area contributed by atoms with Gasteiger partial charge >= 0.3 is 5.97 Å². The van der Waals surface area contributed by atoms with E-state index in [4.69, 9.17) is 21.1 Å². The largest absolute Gasteiger partial charge is 0.497 e. The minimum Gasteiger partial charge on any atom is -0.497 e. The van der Waals surface area contributed by atoms with Gasteiger partial charge in [0.2, 0.25) is 0 Å². The number of ether oxygens (including phenoxy) is 2. The number of carbonyl (C=O) groups is 1. The fourth-order valence-corrected chi connectivity index (χ4v) is 4.50. The lowest BCUT2D eigenvalue weighted by Gasteiger charge is -2.25. The van der Waals surface area contributed by atoms with Crippen molar-refractivity contribution in [1.29, 1.82) is 0 Å². The summed E-state index contributed by atoms with van der Waals surface area (Å²) in [4.78, 5) is 12.2. The summed E-state index contributed by atoms with van der Waals surface area (Å²) in [6, 6.07) is 21.7. The molecule has 8 heteroatoms. The SMILES string of the molecule is C=C(Cl)COC(=O)c1cccc(S(=O)(=O)N(Cc2ccccc2)c2ccc(OC)cc2)c1. The van der Waals surface area contributed by atoms with Crippen LogP contribution >= 0.6 is 11.6 Å². The van der Waals surface area contributed by atoms with Gasteiger partial charge in [0.15, 0.2) is 0 Å². The maximum atomic E-state index is 13.6. The highest BCUT2D eigenvalue weighted by Gasteiger charge is 2.26. The van der Waals surface area contributed by atoms with Gasteiger partial charge in [0, 0.05) is 5.03 Å². The number of carbonyl (C=O) groups excluding carboxylic acids is 1. The second-order valence-corrected chi connectivity index (χ2v) is 9.21. The Hall–Kier alpha value is -3.29. The first kappa shape index (κ1) is 23.4. The Morgan fingerprint density at radius 3 is 2.31 bits per heavy atom. The van der Waals surface area contributed by atoms with Crippen LogP contribution in [-0.4, -0.2) is 28.1 Å². The van der Waals surface area contributed by atoms with E-state index in [0.29, 0.717) is 11.4 Å². The molecule has 0 aliphatic rings. The smallest absolute Gasteiger partial charge is 0.338 e. The number of sulfonamides is 1. The molecule has 0 saturated heterocycles. The fourth-order valence-electron chi connectivity index (χ4n) is 2.95. The number of esters is 1. The third kappa shape index (κ3) is 5.69. The van der Waals surface area contributed by atoms with E-state index in [1.807, 2.05) is 30.3 Å². The van der Waals surface area contributed by atoms with E-state index in [1.165, 1.54) is 35.7 Å². The van der Waals surface area contributed by atoms with E-state index >= 15 is 0 Å². The normalized spacial score (nSPS) is 10.9. The van der Waals surface area contributed by atoms with Gasteiger partial charge in [0.1, 0.15) is 12.4 Å². The molecule has 0 aromatic heterocycles. The topological polar surface area (TPSA) is 72.9 Å². The van der Waals surface area contributed by atoms with Crippen molar-refractivity contribution >= 4 is 33.3 Å². The van der Waals surface area contributed by atoms with E-state index in [1.54, 1.807) is 24.3 Å². The molecule has 6 nitrogen and oxygen atoms in total. The van der Waals surface area contributed by atoms with Crippen molar-refractivity contribution < 1.29 is 22.7 Å². The number of nitrogens with zero attached hydrogens (tertiary/aromatic N) is 1. The fraction of sp³-hybridized carbons (Fsp3) is 0.125. The summed E-state index contributed by atoms with van der Waals surface area (Å²) in [6.45, 7) is 3.41. The first-order valence-corrected chi connectivity index (χ1v) is 11.4. The molecule has 0 N–H and O–H groups in total. The highest BCUT2D eigenvalue weighted by atomic mass is 35.5. The molecule has 3 aromatic carbocycles. The van der Waals surface area contributed by atoms with Crippen molar-refractivity contribution in [1.82, 2.24) is 0 Å². The van der Waals surface area contributed by atoms with Crippen LogP contribution < -0.4 is 9.04 Å². The molecule has 32 heavy (non-hydrogen) atoms. The lowest BCUT2D eigenvalue weighted by molar-refractivity contribution is 0.0546. The number of benzene rings is 3. The van der Waals surface area contributed by atoms with Crippen LogP contribution in [0.2, 0.25) is 0 Å². The average molecular weight is 472 g/mol. The summed E-state index contributed by atoms with van der Waals surface area (Å²) >= 11 is 5.64. The third-order valence-electron chi connectivity index (χ3n) is 4.55. The summed E-state index contributed by atoms with van der Waals surface area (Å²) in [5.74, 6) is -0.0839. The van der Waals surface area contributed by atoms with Gasteiger partial charge in [-0.2, -0.15) is 0 Å². The van der Waals surface area contributed by atoms with Crippen LogP contribution in [0.1, 0.15) is 15.9 Å². The Morgan fingerprint density at radius 1 is 1.00 bits per heavy atom. The van der Waals surface area contributed by atoms with Crippen molar-refractivity contribution in [2.75, 3.05) is 18.0 Å². The molecule has 0 aliphatic carbocycles. The number of anilines is 1. The van der Waals surface area contributed by atoms with Crippen LogP contribution in [0.15, 0.2) is 95.4 Å². The molecule has 0 heterocycles. The second-order valence-electron chi connectivity index (χ2n) is 6.82. The number of halogens is 1. The molecule has 3 rings (SSSR count). The van der Waals surface area contributed by atoms with Gasteiger partial charge < -0.3 is 9.47 Å². The highest BCUT2D eigenvalue weighted by molar-refractivity contribution is 7.92. The summed E-state index contributed by atoms with van der Waals surface area (Å²) in [5, 5.41) is 0.163. The number of hydrogen-bond donors (Lipinski definition) is 0. The van der Waals surface area contributed by atoms with E-state index in [0.717, 1.165) is 5.56 Å². The monoisotopic (exact) mass is 471 g/mol. The molecule has 0 amide bonds. The zero-order valence-electron chi connectivity index (χ0n) is 17.4. The van der Waals surface area contributed by atoms with Gasteiger partial charge in [-0.25, -0.2) is 13.2 Å². The molecule has 166 valence electrons. The molecule has 0 aliphatic heterocycles. The predicted molar refractivity (Wildman–Crippen MR) is 125 cm³/mol. The quantitative estimate of drug-likeness (QED) is 0.410. The van der Waals surface area contributed by atoms with Gasteiger partial charge in [-0.1, -0.05) is 54.6 Å². The van der Waals surface area contributed by atoms with Gasteiger partial charge in [-0.3, -0.25) is 4.31 Å². The van der Waals surface area contributed by atoms with E-state index in [2.05, 4.69) is 6.58 Å². The molecule has 0 radical (unpaired) electrons. The average Bonchev–Trinajstić information content (AvgIpc) is 2.81. The standard InChI is InChI=1S/C24H22ClNO5S/c1-18(25)17-31-24(27)20-9-6-10-23(15-20)32(28,29)26(16-19-7-4-3-5-8-19)21-11-13-22(30-2)14-12-21/h3-15H,1,16-17H2,2H3. The third-order valence-corrected chi connectivity index (χ3v) is 6.43. The Morgan fingerprint density at radius 2 is 1.69 bits per heavy atom. The minimum atomic E-state index is -4.02. The first-order chi connectivity index (χ1) is 15.3. The molecule has 0 spiro atoms. The van der Waals surface area contributed by atoms with Crippen molar-refractivity contribution in [3.05, 3.63) is 102 Å². The van der Waals surface area contributed by atoms with Crippen molar-refractivity contribution in [2.24, 2.45) is 0 Å². The van der Waals surface area contributed by atoms with Crippen molar-refractivity contribution in [2.45, 2.75) is 11.4 Å². The molecule has 0 saturated carbocycles. The molecule has 0 fully saturated rings. The van der Waals surface area contributed by atoms with Crippen LogP contribution in [0.4, 0.5) is 5.69 Å². The summed E-state index contributed by atoms with van der Waals surface area (Å²) < 4.78 is 38.8.